The van der Waals surface area contributed by atoms with Gasteiger partial charge in [-0.2, -0.15) is 8.42 Å². The van der Waals surface area contributed by atoms with E-state index >= 15 is 0 Å². The summed E-state index contributed by atoms with van der Waals surface area (Å²) in [5.74, 6) is -0.163. The van der Waals surface area contributed by atoms with Crippen LogP contribution in [0.5, 0.6) is 0 Å². The largest absolute Gasteiger partial charge is 0.357 e. The van der Waals surface area contributed by atoms with Crippen LogP contribution in [0.25, 0.3) is 9.88 Å². The van der Waals surface area contributed by atoms with Gasteiger partial charge in [0.1, 0.15) is 5.01 Å². The summed E-state index contributed by atoms with van der Waals surface area (Å²) in [5.41, 5.74) is 2.23. The quantitative estimate of drug-likeness (QED) is 0.257. The summed E-state index contributed by atoms with van der Waals surface area (Å²) in [6, 6.07) is 18.5. The topological polar surface area (TPSA) is 125 Å². The Morgan fingerprint density at radius 1 is 0.882 bits per heavy atom. The molecule has 0 bridgehead atoms. The number of hydrogen-bond donors (Lipinski definition) is 3. The van der Waals surface area contributed by atoms with Crippen LogP contribution in [-0.2, 0) is 32.5 Å². The van der Waals surface area contributed by atoms with Crippen LogP contribution < -0.4 is 9.44 Å². The first-order valence-corrected chi connectivity index (χ1v) is 14.9. The minimum Gasteiger partial charge on any atom is -0.269 e. The molecule has 3 N–H and O–H groups in total. The van der Waals surface area contributed by atoms with Gasteiger partial charge in [0.2, 0.25) is 10.0 Å². The molecule has 0 fully saturated rings. The van der Waals surface area contributed by atoms with Crippen molar-refractivity contribution in [1.82, 2.24) is 9.71 Å². The van der Waals surface area contributed by atoms with Crippen molar-refractivity contribution in [2.75, 3.05) is 4.72 Å². The molecule has 0 radical (unpaired) electrons. The first-order valence-electron chi connectivity index (χ1n) is 10.0. The molecule has 0 spiro atoms. The van der Waals surface area contributed by atoms with Gasteiger partial charge in [-0.05, 0) is 41.1 Å². The normalized spacial score (nSPS) is 13.0. The van der Waals surface area contributed by atoms with Gasteiger partial charge in [-0.15, -0.1) is 22.7 Å². The number of anilines is 1. The highest BCUT2D eigenvalue weighted by Crippen LogP contribution is 2.31. The molecule has 0 amide bonds. The molecule has 1 atom stereocenters. The number of benzene rings is 2. The highest BCUT2D eigenvalue weighted by atomic mass is 32.2. The molecule has 4 aromatic rings. The van der Waals surface area contributed by atoms with E-state index in [0.717, 1.165) is 15.4 Å². The highest BCUT2D eigenvalue weighted by molar-refractivity contribution is 7.88. The molecule has 178 valence electrons. The van der Waals surface area contributed by atoms with E-state index in [0.29, 0.717) is 17.7 Å². The van der Waals surface area contributed by atoms with E-state index in [1.165, 1.54) is 23.5 Å². The zero-order chi connectivity index (χ0) is 24.2. The lowest BCUT2D eigenvalue weighted by Crippen LogP contribution is -2.31. The van der Waals surface area contributed by atoms with Crippen LogP contribution in [0.1, 0.15) is 22.9 Å². The van der Waals surface area contributed by atoms with Gasteiger partial charge in [0.05, 0.1) is 28.1 Å². The molecule has 0 saturated carbocycles. The summed E-state index contributed by atoms with van der Waals surface area (Å²) >= 11 is 3.00. The molecule has 2 aromatic carbocycles. The number of sulfonamides is 1. The van der Waals surface area contributed by atoms with Crippen LogP contribution in [0.3, 0.4) is 0 Å². The van der Waals surface area contributed by atoms with Gasteiger partial charge in [0.25, 0.3) is 0 Å². The summed E-state index contributed by atoms with van der Waals surface area (Å²) in [4.78, 5) is 5.69. The van der Waals surface area contributed by atoms with E-state index in [9.17, 15) is 16.8 Å². The third-order valence-electron chi connectivity index (χ3n) is 4.77. The monoisotopic (exact) mass is 535 g/mol. The lowest BCUT2D eigenvalue weighted by molar-refractivity contribution is 0.489. The van der Waals surface area contributed by atoms with Gasteiger partial charge < -0.3 is 0 Å². The van der Waals surface area contributed by atoms with Crippen molar-refractivity contribution in [3.63, 3.8) is 0 Å². The molecule has 2 heterocycles. The SMILES string of the molecule is O=S(=O)(O)Nc1ccc(CC(NS(=O)(=O)Cc2ccccc2)c2csc(-c3cccs3)n2)cc1. The van der Waals surface area contributed by atoms with Crippen molar-refractivity contribution >= 4 is 48.7 Å². The average Bonchev–Trinajstić information content (AvgIpc) is 3.46. The standard InChI is InChI=1S/C22H21N3O5S4/c26-33(27,15-17-5-2-1-3-6-17)25-19(20-14-32-22(23-20)21-7-4-12-31-21)13-16-8-10-18(11-9-16)24-34(28,29)30/h1-12,14,19,24-25H,13,15H2,(H,28,29,30). The van der Waals surface area contributed by atoms with E-state index < -0.39 is 26.4 Å². The Bertz CT molecular complexity index is 1430. The third kappa shape index (κ3) is 6.95. The molecule has 12 heteroatoms. The van der Waals surface area contributed by atoms with E-state index in [1.807, 2.05) is 33.7 Å². The number of nitrogens with one attached hydrogen (secondary N) is 2. The first-order chi connectivity index (χ1) is 16.2. The fourth-order valence-corrected chi connectivity index (χ4v) is 6.79. The molecule has 0 aliphatic rings. The Kier molecular flexibility index (Phi) is 7.45. The van der Waals surface area contributed by atoms with Crippen LogP contribution in [0.2, 0.25) is 0 Å². The molecule has 0 saturated heterocycles. The summed E-state index contributed by atoms with van der Waals surface area (Å²) < 4.78 is 61.7. The summed E-state index contributed by atoms with van der Waals surface area (Å²) in [6.07, 6.45) is 0.299. The minimum absolute atomic E-state index is 0.163. The number of aromatic nitrogens is 1. The van der Waals surface area contributed by atoms with Crippen molar-refractivity contribution in [2.45, 2.75) is 18.2 Å². The molecule has 34 heavy (non-hydrogen) atoms. The number of hydrogen-bond acceptors (Lipinski definition) is 7. The molecule has 8 nitrogen and oxygen atoms in total. The van der Waals surface area contributed by atoms with E-state index in [4.69, 9.17) is 4.55 Å². The zero-order valence-electron chi connectivity index (χ0n) is 17.7. The second-order valence-electron chi connectivity index (χ2n) is 7.45. The zero-order valence-corrected chi connectivity index (χ0v) is 20.9. The summed E-state index contributed by atoms with van der Waals surface area (Å²) in [5, 5.41) is 4.61. The smallest absolute Gasteiger partial charge is 0.269 e. The molecular weight excluding hydrogens is 515 g/mol. The maximum atomic E-state index is 13.0. The number of thiazole rings is 1. The van der Waals surface area contributed by atoms with Crippen LogP contribution in [0.15, 0.2) is 77.5 Å². The lowest BCUT2D eigenvalue weighted by Gasteiger charge is -2.18. The second kappa shape index (κ2) is 10.3. The van der Waals surface area contributed by atoms with Gasteiger partial charge >= 0.3 is 10.3 Å². The Morgan fingerprint density at radius 3 is 2.26 bits per heavy atom. The number of nitrogens with zero attached hydrogens (tertiary/aromatic N) is 1. The first kappa shape index (κ1) is 24.5. The van der Waals surface area contributed by atoms with Gasteiger partial charge in [-0.1, -0.05) is 48.5 Å². The van der Waals surface area contributed by atoms with Crippen molar-refractivity contribution in [2.24, 2.45) is 0 Å². The summed E-state index contributed by atoms with van der Waals surface area (Å²) in [6.45, 7) is 0. The predicted octanol–water partition coefficient (Wildman–Crippen LogP) is 4.49. The lowest BCUT2D eigenvalue weighted by atomic mass is 10.0. The molecular formula is C22H21N3O5S4. The van der Waals surface area contributed by atoms with E-state index in [-0.39, 0.29) is 11.4 Å². The Morgan fingerprint density at radius 2 is 1.62 bits per heavy atom. The van der Waals surface area contributed by atoms with E-state index in [1.54, 1.807) is 47.7 Å². The van der Waals surface area contributed by atoms with Gasteiger partial charge in [0.15, 0.2) is 0 Å². The Hall–Kier alpha value is -2.61. The van der Waals surface area contributed by atoms with Crippen molar-refractivity contribution in [3.8, 4) is 9.88 Å². The highest BCUT2D eigenvalue weighted by Gasteiger charge is 2.23. The maximum Gasteiger partial charge on any atom is 0.357 e. The van der Waals surface area contributed by atoms with Crippen LogP contribution in [0, 0.1) is 0 Å². The molecule has 2 aromatic heterocycles. The number of rotatable bonds is 10. The molecule has 4 rings (SSSR count). The van der Waals surface area contributed by atoms with Crippen molar-refractivity contribution in [1.29, 1.82) is 0 Å². The predicted molar refractivity (Wildman–Crippen MR) is 136 cm³/mol. The molecule has 0 aliphatic heterocycles. The minimum atomic E-state index is -4.38. The molecule has 1 unspecified atom stereocenters. The number of thiophene rings is 1. The fourth-order valence-electron chi connectivity index (χ4n) is 3.31. The van der Waals surface area contributed by atoms with Crippen LogP contribution in [-0.4, -0.2) is 26.4 Å². The fraction of sp³-hybridized carbons (Fsp3) is 0.136. The van der Waals surface area contributed by atoms with Crippen LogP contribution in [0.4, 0.5) is 5.69 Å². The van der Waals surface area contributed by atoms with Crippen molar-refractivity contribution in [3.05, 3.63) is 94.3 Å². The van der Waals surface area contributed by atoms with Gasteiger partial charge in [0, 0.05) is 5.38 Å². The third-order valence-corrected chi connectivity index (χ3v) is 8.52. The molecule has 0 aliphatic carbocycles. The van der Waals surface area contributed by atoms with Crippen LogP contribution >= 0.6 is 22.7 Å². The van der Waals surface area contributed by atoms with Gasteiger partial charge in [-0.3, -0.25) is 9.27 Å². The summed E-state index contributed by atoms with van der Waals surface area (Å²) in [7, 11) is -8.06. The van der Waals surface area contributed by atoms with Gasteiger partial charge in [-0.25, -0.2) is 18.1 Å². The Labute approximate surface area is 206 Å². The average molecular weight is 536 g/mol. The van der Waals surface area contributed by atoms with E-state index in [2.05, 4.69) is 9.71 Å². The van der Waals surface area contributed by atoms with Crippen molar-refractivity contribution < 1.29 is 21.4 Å². The second-order valence-corrected chi connectivity index (χ2v) is 12.2. The Balaban J connectivity index is 1.59. The maximum absolute atomic E-state index is 13.0.